The molecule has 0 aliphatic rings. The molecule has 0 spiro atoms. The fraction of sp³-hybridized carbons (Fsp3) is 0.636. The first-order chi connectivity index (χ1) is 7.77. The van der Waals surface area contributed by atoms with Crippen LogP contribution in [0.5, 0.6) is 0 Å². The second-order valence-electron chi connectivity index (χ2n) is 3.60. The van der Waals surface area contributed by atoms with Gasteiger partial charge in [0.1, 0.15) is 0 Å². The zero-order valence-corrected chi connectivity index (χ0v) is 10.1. The standard InChI is InChI=1S/C11H21N5/c1-3-16(4-2)9-5-6-14-11-10(12)13-7-8-15-11/h7-8H,3-6,9H2,1-2H3,(H2,12,13)(H,14,15). The average Bonchev–Trinajstić information content (AvgIpc) is 2.31. The van der Waals surface area contributed by atoms with Crippen LogP contribution < -0.4 is 11.1 Å². The summed E-state index contributed by atoms with van der Waals surface area (Å²) in [7, 11) is 0. The molecule has 0 amide bonds. The molecule has 0 bridgehead atoms. The lowest BCUT2D eigenvalue weighted by Gasteiger charge is -2.17. The second kappa shape index (κ2) is 7.00. The van der Waals surface area contributed by atoms with E-state index >= 15 is 0 Å². The number of hydrogen-bond donors (Lipinski definition) is 2. The zero-order chi connectivity index (χ0) is 11.8. The maximum Gasteiger partial charge on any atom is 0.168 e. The van der Waals surface area contributed by atoms with Gasteiger partial charge in [-0.15, -0.1) is 0 Å². The third-order valence-electron chi connectivity index (χ3n) is 2.56. The summed E-state index contributed by atoms with van der Waals surface area (Å²) in [5.74, 6) is 1.15. The van der Waals surface area contributed by atoms with Crippen LogP contribution in [0.25, 0.3) is 0 Å². The number of aromatic nitrogens is 2. The summed E-state index contributed by atoms with van der Waals surface area (Å²) in [6, 6.07) is 0. The first kappa shape index (κ1) is 12.7. The van der Waals surface area contributed by atoms with Crippen LogP contribution in [-0.4, -0.2) is 41.0 Å². The Kier molecular flexibility index (Phi) is 5.56. The lowest BCUT2D eigenvalue weighted by molar-refractivity contribution is 0.303. The Hall–Kier alpha value is -1.36. The van der Waals surface area contributed by atoms with Crippen LogP contribution in [0, 0.1) is 0 Å². The van der Waals surface area contributed by atoms with Crippen molar-refractivity contribution in [1.29, 1.82) is 0 Å². The molecule has 1 aromatic rings. The van der Waals surface area contributed by atoms with Crippen LogP contribution in [0.15, 0.2) is 12.4 Å². The van der Waals surface area contributed by atoms with Crippen LogP contribution in [0.2, 0.25) is 0 Å². The third kappa shape index (κ3) is 4.02. The molecule has 0 saturated carbocycles. The molecule has 0 atom stereocenters. The first-order valence-electron chi connectivity index (χ1n) is 5.80. The summed E-state index contributed by atoms with van der Waals surface area (Å²) >= 11 is 0. The fourth-order valence-electron chi connectivity index (χ4n) is 1.53. The van der Waals surface area contributed by atoms with E-state index in [4.69, 9.17) is 5.73 Å². The van der Waals surface area contributed by atoms with Gasteiger partial charge in [0.05, 0.1) is 0 Å². The van der Waals surface area contributed by atoms with Crippen molar-refractivity contribution in [1.82, 2.24) is 14.9 Å². The zero-order valence-electron chi connectivity index (χ0n) is 10.1. The molecule has 3 N–H and O–H groups in total. The molecule has 1 heterocycles. The molecule has 16 heavy (non-hydrogen) atoms. The van der Waals surface area contributed by atoms with Gasteiger partial charge in [-0.1, -0.05) is 13.8 Å². The monoisotopic (exact) mass is 223 g/mol. The van der Waals surface area contributed by atoms with Crippen LogP contribution in [0.3, 0.4) is 0 Å². The topological polar surface area (TPSA) is 67.1 Å². The number of nitrogens with zero attached hydrogens (tertiary/aromatic N) is 3. The van der Waals surface area contributed by atoms with Crippen LogP contribution in [-0.2, 0) is 0 Å². The highest BCUT2D eigenvalue weighted by atomic mass is 15.1. The Bertz CT molecular complexity index is 298. The van der Waals surface area contributed by atoms with Crippen molar-refractivity contribution in [3.8, 4) is 0 Å². The predicted octanol–water partition coefficient (Wildman–Crippen LogP) is 1.20. The SMILES string of the molecule is CCN(CC)CCCNc1nccnc1N. The molecule has 1 rings (SSSR count). The number of nitrogen functional groups attached to an aromatic ring is 1. The molecule has 0 fully saturated rings. The molecule has 0 unspecified atom stereocenters. The summed E-state index contributed by atoms with van der Waals surface area (Å²) in [6.45, 7) is 8.53. The van der Waals surface area contributed by atoms with Crippen molar-refractivity contribution in [2.24, 2.45) is 0 Å². The molecule has 90 valence electrons. The molecular weight excluding hydrogens is 202 g/mol. The molecule has 0 aliphatic carbocycles. The Morgan fingerprint density at radius 1 is 1.25 bits per heavy atom. The predicted molar refractivity (Wildman–Crippen MR) is 67.3 cm³/mol. The van der Waals surface area contributed by atoms with E-state index in [1.807, 2.05) is 0 Å². The van der Waals surface area contributed by atoms with Crippen molar-refractivity contribution in [2.45, 2.75) is 20.3 Å². The molecule has 1 aromatic heterocycles. The van der Waals surface area contributed by atoms with Crippen molar-refractivity contribution in [3.05, 3.63) is 12.4 Å². The molecule has 0 saturated heterocycles. The summed E-state index contributed by atoms with van der Waals surface area (Å²) in [6.07, 6.45) is 4.32. The molecule has 5 nitrogen and oxygen atoms in total. The van der Waals surface area contributed by atoms with E-state index in [1.165, 1.54) is 0 Å². The van der Waals surface area contributed by atoms with E-state index in [0.29, 0.717) is 11.6 Å². The smallest absolute Gasteiger partial charge is 0.168 e. The summed E-state index contributed by atoms with van der Waals surface area (Å²) in [4.78, 5) is 10.5. The second-order valence-corrected chi connectivity index (χ2v) is 3.60. The van der Waals surface area contributed by atoms with E-state index < -0.39 is 0 Å². The van der Waals surface area contributed by atoms with Crippen molar-refractivity contribution in [3.63, 3.8) is 0 Å². The average molecular weight is 223 g/mol. The summed E-state index contributed by atoms with van der Waals surface area (Å²) in [5.41, 5.74) is 5.67. The van der Waals surface area contributed by atoms with Gasteiger partial charge >= 0.3 is 0 Å². The van der Waals surface area contributed by atoms with Gasteiger partial charge < -0.3 is 16.0 Å². The number of nitrogens with one attached hydrogen (secondary N) is 1. The van der Waals surface area contributed by atoms with E-state index in [-0.39, 0.29) is 0 Å². The highest BCUT2D eigenvalue weighted by Crippen LogP contribution is 2.08. The first-order valence-corrected chi connectivity index (χ1v) is 5.80. The lowest BCUT2D eigenvalue weighted by Crippen LogP contribution is -2.25. The number of rotatable bonds is 7. The highest BCUT2D eigenvalue weighted by molar-refractivity contribution is 5.54. The Morgan fingerprint density at radius 3 is 2.56 bits per heavy atom. The minimum Gasteiger partial charge on any atom is -0.381 e. The molecule has 5 heteroatoms. The highest BCUT2D eigenvalue weighted by Gasteiger charge is 2.01. The van der Waals surface area contributed by atoms with Gasteiger partial charge in [-0.05, 0) is 26.1 Å². The van der Waals surface area contributed by atoms with Gasteiger partial charge in [0.2, 0.25) is 0 Å². The Balaban J connectivity index is 2.23. The van der Waals surface area contributed by atoms with Gasteiger partial charge in [0, 0.05) is 18.9 Å². The van der Waals surface area contributed by atoms with Gasteiger partial charge in [-0.3, -0.25) is 0 Å². The summed E-state index contributed by atoms with van der Waals surface area (Å²) in [5, 5.41) is 3.19. The maximum absolute atomic E-state index is 5.67. The summed E-state index contributed by atoms with van der Waals surface area (Å²) < 4.78 is 0. The number of hydrogen-bond acceptors (Lipinski definition) is 5. The van der Waals surface area contributed by atoms with E-state index in [1.54, 1.807) is 12.4 Å². The van der Waals surface area contributed by atoms with Gasteiger partial charge in [-0.25, -0.2) is 9.97 Å². The molecule has 0 aromatic carbocycles. The molecule has 0 aliphatic heterocycles. The maximum atomic E-state index is 5.67. The van der Waals surface area contributed by atoms with Crippen molar-refractivity contribution in [2.75, 3.05) is 37.2 Å². The van der Waals surface area contributed by atoms with Crippen LogP contribution in [0.1, 0.15) is 20.3 Å². The molecular formula is C11H21N5. The van der Waals surface area contributed by atoms with Crippen LogP contribution in [0.4, 0.5) is 11.6 Å². The number of nitrogens with two attached hydrogens (primary N) is 1. The lowest BCUT2D eigenvalue weighted by atomic mass is 10.3. The third-order valence-corrected chi connectivity index (χ3v) is 2.56. The minimum atomic E-state index is 0.463. The van der Waals surface area contributed by atoms with Gasteiger partial charge in [0.15, 0.2) is 11.6 Å². The van der Waals surface area contributed by atoms with E-state index in [2.05, 4.69) is 34.0 Å². The van der Waals surface area contributed by atoms with Crippen molar-refractivity contribution >= 4 is 11.6 Å². The van der Waals surface area contributed by atoms with E-state index in [9.17, 15) is 0 Å². The van der Waals surface area contributed by atoms with E-state index in [0.717, 1.165) is 32.6 Å². The van der Waals surface area contributed by atoms with Gasteiger partial charge in [0.25, 0.3) is 0 Å². The number of anilines is 2. The van der Waals surface area contributed by atoms with Crippen LogP contribution >= 0.6 is 0 Å². The Labute approximate surface area is 97.1 Å². The van der Waals surface area contributed by atoms with Gasteiger partial charge in [-0.2, -0.15) is 0 Å². The largest absolute Gasteiger partial charge is 0.381 e. The fourth-order valence-corrected chi connectivity index (χ4v) is 1.53. The minimum absolute atomic E-state index is 0.463. The quantitative estimate of drug-likeness (QED) is 0.680. The Morgan fingerprint density at radius 2 is 1.94 bits per heavy atom. The molecule has 0 radical (unpaired) electrons. The van der Waals surface area contributed by atoms with Crippen molar-refractivity contribution < 1.29 is 0 Å². The normalized spacial score (nSPS) is 10.7.